The maximum Gasteiger partial charge on any atom is 0.233 e. The van der Waals surface area contributed by atoms with Crippen molar-refractivity contribution in [3.63, 3.8) is 0 Å². The van der Waals surface area contributed by atoms with Gasteiger partial charge in [0.15, 0.2) is 0 Å². The average Bonchev–Trinajstić information content (AvgIpc) is 3.35. The Bertz CT molecular complexity index is 1020. The molecule has 0 saturated heterocycles. The maximum absolute atomic E-state index is 13.3. The van der Waals surface area contributed by atoms with Crippen molar-refractivity contribution < 1.29 is 13.5 Å². The summed E-state index contributed by atoms with van der Waals surface area (Å²) in [5.41, 5.74) is 2.79. The van der Waals surface area contributed by atoms with Gasteiger partial charge in [-0.2, -0.15) is 11.8 Å². The Hall–Kier alpha value is -2.31. The van der Waals surface area contributed by atoms with E-state index >= 15 is 0 Å². The van der Waals surface area contributed by atoms with Gasteiger partial charge in [-0.25, -0.2) is 13.8 Å². The third-order valence-corrected chi connectivity index (χ3v) is 6.12. The second-order valence-electron chi connectivity index (χ2n) is 6.80. The average molecular weight is 433 g/mol. The third-order valence-electron chi connectivity index (χ3n) is 4.61. The SMILES string of the molecule is Fc1ccc(CSC[C@@H]2COC(c3cccn3Cc3ccc(F)cc3Cl)=N2)cc1. The number of ether oxygens (including phenoxy) is 1. The van der Waals surface area contributed by atoms with Crippen LogP contribution in [0.4, 0.5) is 8.78 Å². The van der Waals surface area contributed by atoms with Gasteiger partial charge in [0.05, 0.1) is 6.04 Å². The molecule has 0 N–H and O–H groups in total. The molecule has 1 aliphatic heterocycles. The number of hydrogen-bond acceptors (Lipinski definition) is 3. The quantitative estimate of drug-likeness (QED) is 0.489. The third kappa shape index (κ3) is 5.00. The molecule has 2 heterocycles. The zero-order valence-electron chi connectivity index (χ0n) is 15.5. The van der Waals surface area contributed by atoms with Gasteiger partial charge in [0.2, 0.25) is 5.90 Å². The van der Waals surface area contributed by atoms with E-state index in [4.69, 9.17) is 21.3 Å². The van der Waals surface area contributed by atoms with Crippen LogP contribution in [0.1, 0.15) is 16.8 Å². The van der Waals surface area contributed by atoms with Crippen molar-refractivity contribution in [2.75, 3.05) is 12.4 Å². The number of thioether (sulfide) groups is 1. The first-order valence-corrected chi connectivity index (χ1v) is 10.7. The Balaban J connectivity index is 1.38. The van der Waals surface area contributed by atoms with Crippen molar-refractivity contribution in [2.24, 2.45) is 4.99 Å². The van der Waals surface area contributed by atoms with Gasteiger partial charge in [0.25, 0.3) is 0 Å². The van der Waals surface area contributed by atoms with Gasteiger partial charge >= 0.3 is 0 Å². The summed E-state index contributed by atoms with van der Waals surface area (Å²) < 4.78 is 34.1. The van der Waals surface area contributed by atoms with Crippen molar-refractivity contribution in [1.29, 1.82) is 0 Å². The minimum atomic E-state index is -0.351. The maximum atomic E-state index is 13.3. The monoisotopic (exact) mass is 432 g/mol. The molecule has 29 heavy (non-hydrogen) atoms. The zero-order valence-corrected chi connectivity index (χ0v) is 17.1. The standard InChI is InChI=1S/C22H19ClF2N2OS/c23-20-10-18(25)8-5-16(20)11-27-9-1-2-21(27)22-26-19(12-28-22)14-29-13-15-3-6-17(24)7-4-15/h1-10,19H,11-14H2/t19-/m0/s1. The van der Waals surface area contributed by atoms with Crippen molar-refractivity contribution in [3.8, 4) is 0 Å². The van der Waals surface area contributed by atoms with Crippen molar-refractivity contribution >= 4 is 29.3 Å². The van der Waals surface area contributed by atoms with E-state index in [9.17, 15) is 8.78 Å². The van der Waals surface area contributed by atoms with E-state index in [1.165, 1.54) is 24.3 Å². The van der Waals surface area contributed by atoms with Crippen LogP contribution >= 0.6 is 23.4 Å². The van der Waals surface area contributed by atoms with Crippen molar-refractivity contribution in [3.05, 3.63) is 94.3 Å². The highest BCUT2D eigenvalue weighted by atomic mass is 35.5. The number of benzene rings is 2. The molecule has 1 atom stereocenters. The van der Waals surface area contributed by atoms with Crippen LogP contribution in [0.25, 0.3) is 0 Å². The molecule has 0 bridgehead atoms. The summed E-state index contributed by atoms with van der Waals surface area (Å²) in [6, 6.07) is 14.9. The van der Waals surface area contributed by atoms with Crippen LogP contribution in [0.2, 0.25) is 5.02 Å². The van der Waals surface area contributed by atoms with Gasteiger partial charge in [-0.15, -0.1) is 0 Å². The molecule has 1 aliphatic rings. The van der Waals surface area contributed by atoms with E-state index < -0.39 is 0 Å². The van der Waals surface area contributed by atoms with Crippen LogP contribution in [0.15, 0.2) is 65.8 Å². The molecule has 3 nitrogen and oxygen atoms in total. The highest BCUT2D eigenvalue weighted by Gasteiger charge is 2.22. The zero-order chi connectivity index (χ0) is 20.2. The number of halogens is 3. The van der Waals surface area contributed by atoms with Crippen LogP contribution in [-0.4, -0.2) is 28.9 Å². The normalized spacial score (nSPS) is 16.0. The van der Waals surface area contributed by atoms with Gasteiger partial charge in [0, 0.05) is 29.3 Å². The topological polar surface area (TPSA) is 26.5 Å². The summed E-state index contributed by atoms with van der Waals surface area (Å²) >= 11 is 7.91. The van der Waals surface area contributed by atoms with Crippen molar-refractivity contribution in [2.45, 2.75) is 18.3 Å². The van der Waals surface area contributed by atoms with E-state index in [2.05, 4.69) is 0 Å². The van der Waals surface area contributed by atoms with Gasteiger partial charge in [0.1, 0.15) is 23.9 Å². The summed E-state index contributed by atoms with van der Waals surface area (Å²) in [7, 11) is 0. The van der Waals surface area contributed by atoms with E-state index in [-0.39, 0.29) is 17.7 Å². The Morgan fingerprint density at radius 2 is 1.90 bits per heavy atom. The minimum Gasteiger partial charge on any atom is -0.474 e. The molecule has 1 aromatic heterocycles. The van der Waals surface area contributed by atoms with Crippen LogP contribution in [-0.2, 0) is 17.0 Å². The smallest absolute Gasteiger partial charge is 0.233 e. The number of nitrogens with zero attached hydrogens (tertiary/aromatic N) is 2. The number of aliphatic imine (C=N–C) groups is 1. The lowest BCUT2D eigenvalue weighted by Gasteiger charge is -2.10. The highest BCUT2D eigenvalue weighted by molar-refractivity contribution is 7.98. The first kappa shape index (κ1) is 20.0. The summed E-state index contributed by atoms with van der Waals surface area (Å²) in [5.74, 6) is 1.67. The summed E-state index contributed by atoms with van der Waals surface area (Å²) in [4.78, 5) is 4.71. The molecule has 0 amide bonds. The summed E-state index contributed by atoms with van der Waals surface area (Å²) in [6.45, 7) is 1.04. The number of rotatable bonds is 7. The number of hydrogen-bond donors (Lipinski definition) is 0. The summed E-state index contributed by atoms with van der Waals surface area (Å²) in [6.07, 6.45) is 1.93. The van der Waals surface area contributed by atoms with E-state index in [1.807, 2.05) is 22.9 Å². The molecular formula is C22H19ClF2N2OS. The fourth-order valence-electron chi connectivity index (χ4n) is 3.11. The molecule has 0 fully saturated rings. The second-order valence-corrected chi connectivity index (χ2v) is 8.24. The molecular weight excluding hydrogens is 414 g/mol. The van der Waals surface area contributed by atoms with E-state index in [0.717, 1.165) is 28.3 Å². The van der Waals surface area contributed by atoms with E-state index in [0.29, 0.717) is 24.1 Å². The lowest BCUT2D eigenvalue weighted by molar-refractivity contribution is 0.323. The lowest BCUT2D eigenvalue weighted by Crippen LogP contribution is -2.11. The first-order chi connectivity index (χ1) is 14.1. The molecule has 0 unspecified atom stereocenters. The molecule has 0 radical (unpaired) electrons. The minimum absolute atomic E-state index is 0.0770. The van der Waals surface area contributed by atoms with Crippen LogP contribution in [0.3, 0.4) is 0 Å². The lowest BCUT2D eigenvalue weighted by atomic mass is 10.2. The van der Waals surface area contributed by atoms with Gasteiger partial charge in [-0.1, -0.05) is 29.8 Å². The van der Waals surface area contributed by atoms with Crippen molar-refractivity contribution in [1.82, 2.24) is 4.57 Å². The Labute approximate surface area is 177 Å². The molecule has 3 aromatic rings. The van der Waals surface area contributed by atoms with Crippen LogP contribution < -0.4 is 0 Å². The van der Waals surface area contributed by atoms with Gasteiger partial charge in [-0.05, 0) is 47.5 Å². The molecule has 7 heteroatoms. The Morgan fingerprint density at radius 3 is 2.69 bits per heavy atom. The Kier molecular flexibility index (Phi) is 6.21. The highest BCUT2D eigenvalue weighted by Crippen LogP contribution is 2.22. The Morgan fingerprint density at radius 1 is 1.10 bits per heavy atom. The van der Waals surface area contributed by atoms with Gasteiger partial charge in [-0.3, -0.25) is 0 Å². The first-order valence-electron chi connectivity index (χ1n) is 9.21. The predicted molar refractivity (Wildman–Crippen MR) is 114 cm³/mol. The molecule has 150 valence electrons. The van der Waals surface area contributed by atoms with Crippen LogP contribution in [0.5, 0.6) is 0 Å². The van der Waals surface area contributed by atoms with Gasteiger partial charge < -0.3 is 9.30 Å². The number of aromatic nitrogens is 1. The molecule has 0 saturated carbocycles. The fraction of sp³-hybridized carbons (Fsp3) is 0.227. The second kappa shape index (κ2) is 9.01. The molecule has 0 spiro atoms. The molecule has 0 aliphatic carbocycles. The molecule has 2 aromatic carbocycles. The largest absolute Gasteiger partial charge is 0.474 e. The van der Waals surface area contributed by atoms with E-state index in [1.54, 1.807) is 30.0 Å². The predicted octanol–water partition coefficient (Wildman–Crippen LogP) is 5.55. The fourth-order valence-corrected chi connectivity index (χ4v) is 4.33. The van der Waals surface area contributed by atoms with Crippen LogP contribution in [0, 0.1) is 11.6 Å². The summed E-state index contributed by atoms with van der Waals surface area (Å²) in [5, 5.41) is 0.397. The molecule has 4 rings (SSSR count).